The van der Waals surface area contributed by atoms with Crippen LogP contribution in [0, 0.1) is 11.6 Å². The summed E-state index contributed by atoms with van der Waals surface area (Å²) in [6.45, 7) is -0.0993. The molecule has 2 N–H and O–H groups in total. The molecule has 2 aromatic rings. The van der Waals surface area contributed by atoms with Crippen LogP contribution < -0.4 is 5.32 Å². The second kappa shape index (κ2) is 6.39. The van der Waals surface area contributed by atoms with Gasteiger partial charge < -0.3 is 10.4 Å². The molecule has 106 valence electrons. The molecule has 0 heterocycles. The Morgan fingerprint density at radius 1 is 1.10 bits per heavy atom. The number of benzene rings is 2. The van der Waals surface area contributed by atoms with Crippen molar-refractivity contribution in [2.24, 2.45) is 0 Å². The fraction of sp³-hybridized carbons (Fsp3) is 0.143. The molecule has 6 heteroatoms. The van der Waals surface area contributed by atoms with Crippen molar-refractivity contribution >= 4 is 28.9 Å². The summed E-state index contributed by atoms with van der Waals surface area (Å²) in [5.41, 5.74) is 0.105. The number of anilines is 1. The van der Waals surface area contributed by atoms with Gasteiger partial charge in [0.05, 0.1) is 6.10 Å². The number of aliphatic hydroxyl groups is 1. The van der Waals surface area contributed by atoms with Crippen molar-refractivity contribution < 1.29 is 13.9 Å². The van der Waals surface area contributed by atoms with E-state index in [2.05, 4.69) is 5.32 Å². The molecular formula is C14H11Cl2F2NO. The van der Waals surface area contributed by atoms with Crippen LogP contribution in [-0.2, 0) is 0 Å². The maximum Gasteiger partial charge on any atom is 0.149 e. The predicted octanol–water partition coefficient (Wildman–Crippen LogP) is 4.42. The minimum Gasteiger partial charge on any atom is -0.387 e. The zero-order valence-corrected chi connectivity index (χ0v) is 11.7. The molecule has 0 spiro atoms. The van der Waals surface area contributed by atoms with E-state index in [4.69, 9.17) is 23.2 Å². The first-order valence-electron chi connectivity index (χ1n) is 5.80. The van der Waals surface area contributed by atoms with Crippen molar-refractivity contribution in [1.82, 2.24) is 0 Å². The lowest BCUT2D eigenvalue weighted by molar-refractivity contribution is 0.191. The third kappa shape index (κ3) is 3.39. The SMILES string of the molecule is OC(CNc1c(F)cccc1F)c1cc(Cl)ccc1Cl. The zero-order valence-electron chi connectivity index (χ0n) is 10.2. The van der Waals surface area contributed by atoms with Crippen molar-refractivity contribution in [2.75, 3.05) is 11.9 Å². The van der Waals surface area contributed by atoms with E-state index in [-0.39, 0.29) is 12.2 Å². The average Bonchev–Trinajstić information content (AvgIpc) is 2.40. The summed E-state index contributed by atoms with van der Waals surface area (Å²) in [5, 5.41) is 13.3. The van der Waals surface area contributed by atoms with Crippen molar-refractivity contribution in [3.8, 4) is 0 Å². The van der Waals surface area contributed by atoms with Gasteiger partial charge in [-0.05, 0) is 30.3 Å². The molecule has 0 radical (unpaired) electrons. The summed E-state index contributed by atoms with van der Waals surface area (Å²) >= 11 is 11.8. The summed E-state index contributed by atoms with van der Waals surface area (Å²) in [4.78, 5) is 0. The Bertz CT molecular complexity index is 602. The van der Waals surface area contributed by atoms with Gasteiger partial charge in [0.15, 0.2) is 0 Å². The molecule has 0 bridgehead atoms. The van der Waals surface area contributed by atoms with E-state index in [1.54, 1.807) is 12.1 Å². The van der Waals surface area contributed by atoms with Gasteiger partial charge in [-0.15, -0.1) is 0 Å². The summed E-state index contributed by atoms with van der Waals surface area (Å²) < 4.78 is 26.8. The largest absolute Gasteiger partial charge is 0.387 e. The van der Waals surface area contributed by atoms with E-state index in [9.17, 15) is 13.9 Å². The van der Waals surface area contributed by atoms with Gasteiger partial charge in [0.25, 0.3) is 0 Å². The topological polar surface area (TPSA) is 32.3 Å². The average molecular weight is 318 g/mol. The van der Waals surface area contributed by atoms with Gasteiger partial charge >= 0.3 is 0 Å². The Labute approximate surface area is 125 Å². The monoisotopic (exact) mass is 317 g/mol. The molecule has 2 rings (SSSR count). The zero-order chi connectivity index (χ0) is 14.7. The van der Waals surface area contributed by atoms with Crippen LogP contribution >= 0.6 is 23.2 Å². The lowest BCUT2D eigenvalue weighted by Gasteiger charge is -2.15. The molecule has 1 atom stereocenters. The molecule has 0 aliphatic heterocycles. The second-order valence-corrected chi connectivity index (χ2v) is 5.00. The summed E-state index contributed by atoms with van der Waals surface area (Å²) in [7, 11) is 0. The third-order valence-corrected chi connectivity index (χ3v) is 3.33. The fourth-order valence-corrected chi connectivity index (χ4v) is 2.17. The van der Waals surface area contributed by atoms with Crippen molar-refractivity contribution in [3.63, 3.8) is 0 Å². The highest BCUT2D eigenvalue weighted by Crippen LogP contribution is 2.27. The van der Waals surface area contributed by atoms with Crippen LogP contribution in [0.5, 0.6) is 0 Å². The van der Waals surface area contributed by atoms with Gasteiger partial charge in [-0.3, -0.25) is 0 Å². The molecule has 0 aliphatic rings. The summed E-state index contributed by atoms with van der Waals surface area (Å²) in [6.07, 6.45) is -1.04. The fourth-order valence-electron chi connectivity index (χ4n) is 1.75. The lowest BCUT2D eigenvalue weighted by atomic mass is 10.1. The van der Waals surface area contributed by atoms with Crippen LogP contribution in [0.3, 0.4) is 0 Å². The van der Waals surface area contributed by atoms with Gasteiger partial charge in [0.2, 0.25) is 0 Å². The molecule has 0 aliphatic carbocycles. The van der Waals surface area contributed by atoms with Gasteiger partial charge in [-0.25, -0.2) is 8.78 Å². The molecule has 0 amide bonds. The number of halogens is 4. The van der Waals surface area contributed by atoms with Gasteiger partial charge in [0.1, 0.15) is 17.3 Å². The number of para-hydroxylation sites is 1. The highest BCUT2D eigenvalue weighted by molar-refractivity contribution is 6.33. The Morgan fingerprint density at radius 3 is 2.40 bits per heavy atom. The molecule has 0 saturated heterocycles. The highest BCUT2D eigenvalue weighted by atomic mass is 35.5. The Morgan fingerprint density at radius 2 is 1.75 bits per heavy atom. The van der Waals surface area contributed by atoms with Gasteiger partial charge in [0, 0.05) is 22.2 Å². The highest BCUT2D eigenvalue weighted by Gasteiger charge is 2.14. The molecule has 2 nitrogen and oxygen atoms in total. The Hall–Kier alpha value is -1.36. The number of nitrogens with one attached hydrogen (secondary N) is 1. The summed E-state index contributed by atoms with van der Waals surface area (Å²) in [5.74, 6) is -1.45. The van der Waals surface area contributed by atoms with Crippen molar-refractivity contribution in [1.29, 1.82) is 0 Å². The molecular weight excluding hydrogens is 307 g/mol. The van der Waals surface area contributed by atoms with E-state index in [0.29, 0.717) is 15.6 Å². The lowest BCUT2D eigenvalue weighted by Crippen LogP contribution is -2.14. The molecule has 20 heavy (non-hydrogen) atoms. The van der Waals surface area contributed by atoms with Crippen LogP contribution in [0.2, 0.25) is 10.0 Å². The minimum atomic E-state index is -1.04. The van der Waals surface area contributed by atoms with Crippen LogP contribution in [0.15, 0.2) is 36.4 Å². The standard InChI is InChI=1S/C14H11Cl2F2NO/c15-8-4-5-10(16)9(6-8)13(20)7-19-14-11(17)2-1-3-12(14)18/h1-6,13,19-20H,7H2. The van der Waals surface area contributed by atoms with E-state index in [0.717, 1.165) is 12.1 Å². The number of rotatable bonds is 4. The molecule has 1 unspecified atom stereocenters. The number of hydrogen-bond acceptors (Lipinski definition) is 2. The van der Waals surface area contributed by atoms with Crippen LogP contribution in [0.1, 0.15) is 11.7 Å². The first-order valence-corrected chi connectivity index (χ1v) is 6.55. The Kier molecular flexibility index (Phi) is 4.81. The van der Waals surface area contributed by atoms with E-state index in [1.165, 1.54) is 12.1 Å². The van der Waals surface area contributed by atoms with Gasteiger partial charge in [-0.1, -0.05) is 29.3 Å². The molecule has 0 aromatic heterocycles. The molecule has 2 aromatic carbocycles. The van der Waals surface area contributed by atoms with E-state index in [1.807, 2.05) is 0 Å². The smallest absolute Gasteiger partial charge is 0.149 e. The van der Waals surface area contributed by atoms with Crippen LogP contribution in [0.4, 0.5) is 14.5 Å². The van der Waals surface area contributed by atoms with Crippen molar-refractivity contribution in [2.45, 2.75) is 6.10 Å². The number of hydrogen-bond donors (Lipinski definition) is 2. The first-order chi connectivity index (χ1) is 9.49. The molecule has 0 saturated carbocycles. The predicted molar refractivity (Wildman–Crippen MR) is 76.3 cm³/mol. The third-order valence-electron chi connectivity index (χ3n) is 2.75. The number of aliphatic hydroxyl groups excluding tert-OH is 1. The normalized spacial score (nSPS) is 12.2. The molecule has 0 fully saturated rings. The van der Waals surface area contributed by atoms with Gasteiger partial charge in [-0.2, -0.15) is 0 Å². The first kappa shape index (κ1) is 15.0. The second-order valence-electron chi connectivity index (χ2n) is 4.16. The maximum atomic E-state index is 13.4. The van der Waals surface area contributed by atoms with Crippen LogP contribution in [0.25, 0.3) is 0 Å². The van der Waals surface area contributed by atoms with E-state index >= 15 is 0 Å². The Balaban J connectivity index is 2.13. The minimum absolute atomic E-state index is 0.0993. The van der Waals surface area contributed by atoms with Crippen molar-refractivity contribution in [3.05, 3.63) is 63.6 Å². The maximum absolute atomic E-state index is 13.4. The van der Waals surface area contributed by atoms with Crippen LogP contribution in [-0.4, -0.2) is 11.7 Å². The van der Waals surface area contributed by atoms with E-state index < -0.39 is 17.7 Å². The summed E-state index contributed by atoms with van der Waals surface area (Å²) in [6, 6.07) is 8.17. The quantitative estimate of drug-likeness (QED) is 0.875.